The van der Waals surface area contributed by atoms with Gasteiger partial charge in [0.2, 0.25) is 0 Å². The predicted octanol–water partition coefficient (Wildman–Crippen LogP) is 3.64. The van der Waals surface area contributed by atoms with Gasteiger partial charge in [0.25, 0.3) is 0 Å². The van der Waals surface area contributed by atoms with Crippen LogP contribution >= 0.6 is 0 Å². The second-order valence-corrected chi connectivity index (χ2v) is 5.48. The second kappa shape index (κ2) is 6.02. The van der Waals surface area contributed by atoms with Crippen molar-refractivity contribution >= 4 is 10.9 Å². The third-order valence-corrected chi connectivity index (χ3v) is 3.53. The Morgan fingerprint density at radius 1 is 1.14 bits per heavy atom. The average molecular weight is 280 g/mol. The quantitative estimate of drug-likeness (QED) is 0.749. The molecule has 0 aliphatic heterocycles. The Bertz CT molecular complexity index is 716. The molecular formula is C18H20N2O. The van der Waals surface area contributed by atoms with Crippen LogP contribution in [0.25, 0.3) is 10.9 Å². The summed E-state index contributed by atoms with van der Waals surface area (Å²) in [6.45, 7) is 2.61. The van der Waals surface area contributed by atoms with Crippen molar-refractivity contribution < 1.29 is 4.74 Å². The third-order valence-electron chi connectivity index (χ3n) is 3.53. The molecule has 2 aromatic carbocycles. The van der Waals surface area contributed by atoms with Crippen LogP contribution in [0, 0.1) is 0 Å². The molecule has 1 aromatic heterocycles. The lowest BCUT2D eigenvalue weighted by Gasteiger charge is -2.08. The first-order valence-corrected chi connectivity index (χ1v) is 7.24. The number of hydrogen-bond donors (Lipinski definition) is 2. The smallest absolute Gasteiger partial charge is 0.120 e. The Morgan fingerprint density at radius 2 is 1.95 bits per heavy atom. The Labute approximate surface area is 124 Å². The normalized spacial score (nSPS) is 12.5. The summed E-state index contributed by atoms with van der Waals surface area (Å²) in [6.07, 6.45) is 2.90. The first kappa shape index (κ1) is 13.7. The van der Waals surface area contributed by atoms with Gasteiger partial charge in [0, 0.05) is 23.1 Å². The van der Waals surface area contributed by atoms with Crippen molar-refractivity contribution in [3.05, 3.63) is 65.9 Å². The minimum absolute atomic E-state index is 0.151. The first-order valence-electron chi connectivity index (χ1n) is 7.24. The highest BCUT2D eigenvalue weighted by Crippen LogP contribution is 2.25. The van der Waals surface area contributed by atoms with Crippen molar-refractivity contribution in [1.29, 1.82) is 0 Å². The molecule has 21 heavy (non-hydrogen) atoms. The van der Waals surface area contributed by atoms with E-state index in [1.807, 2.05) is 37.4 Å². The Balaban J connectivity index is 1.79. The summed E-state index contributed by atoms with van der Waals surface area (Å²) in [5, 5.41) is 1.19. The summed E-state index contributed by atoms with van der Waals surface area (Å²) in [5.41, 5.74) is 9.43. The van der Waals surface area contributed by atoms with Crippen LogP contribution in [-0.4, -0.2) is 11.0 Å². The van der Waals surface area contributed by atoms with Gasteiger partial charge in [-0.25, -0.2) is 0 Å². The summed E-state index contributed by atoms with van der Waals surface area (Å²) < 4.78 is 5.88. The van der Waals surface area contributed by atoms with Gasteiger partial charge in [-0.05, 0) is 42.7 Å². The molecule has 0 fully saturated rings. The molecule has 1 heterocycles. The van der Waals surface area contributed by atoms with Crippen LogP contribution in [-0.2, 0) is 13.0 Å². The van der Waals surface area contributed by atoms with E-state index in [0.29, 0.717) is 6.61 Å². The Hall–Kier alpha value is -2.26. The molecule has 0 saturated heterocycles. The second-order valence-electron chi connectivity index (χ2n) is 5.48. The standard InChI is InChI=1S/C18H20N2O/c1-13(19)9-15-11-20-18-8-7-16(10-17(15)18)21-12-14-5-3-2-4-6-14/h2-8,10-11,13,20H,9,12,19H2,1H3/t13-/m1/s1. The molecule has 1 atom stereocenters. The topological polar surface area (TPSA) is 51.0 Å². The van der Waals surface area contributed by atoms with Crippen LogP contribution in [0.15, 0.2) is 54.7 Å². The van der Waals surface area contributed by atoms with Crippen molar-refractivity contribution in [3.63, 3.8) is 0 Å². The van der Waals surface area contributed by atoms with E-state index in [-0.39, 0.29) is 6.04 Å². The van der Waals surface area contributed by atoms with Crippen molar-refractivity contribution in [3.8, 4) is 5.75 Å². The molecular weight excluding hydrogens is 260 g/mol. The summed E-state index contributed by atoms with van der Waals surface area (Å²) in [4.78, 5) is 3.28. The van der Waals surface area contributed by atoms with Crippen LogP contribution in [0.3, 0.4) is 0 Å². The number of nitrogens with two attached hydrogens (primary N) is 1. The lowest BCUT2D eigenvalue weighted by Crippen LogP contribution is -2.17. The summed E-state index contributed by atoms with van der Waals surface area (Å²) in [5.74, 6) is 0.886. The van der Waals surface area contributed by atoms with Crippen molar-refractivity contribution in [2.45, 2.75) is 26.0 Å². The van der Waals surface area contributed by atoms with Gasteiger partial charge in [0.15, 0.2) is 0 Å². The molecule has 3 N–H and O–H groups in total. The zero-order valence-corrected chi connectivity index (χ0v) is 12.2. The van der Waals surface area contributed by atoms with Gasteiger partial charge < -0.3 is 15.5 Å². The van der Waals surface area contributed by atoms with Crippen LogP contribution < -0.4 is 10.5 Å². The molecule has 3 nitrogen and oxygen atoms in total. The van der Waals surface area contributed by atoms with Gasteiger partial charge in [0.05, 0.1) is 0 Å². The highest BCUT2D eigenvalue weighted by atomic mass is 16.5. The molecule has 0 unspecified atom stereocenters. The highest BCUT2D eigenvalue weighted by Gasteiger charge is 2.07. The Morgan fingerprint density at radius 3 is 2.71 bits per heavy atom. The van der Waals surface area contributed by atoms with E-state index < -0.39 is 0 Å². The number of aromatic amines is 1. The fourth-order valence-electron chi connectivity index (χ4n) is 2.50. The summed E-state index contributed by atoms with van der Waals surface area (Å²) in [6, 6.07) is 16.5. The maximum atomic E-state index is 5.90. The van der Waals surface area contributed by atoms with Crippen molar-refractivity contribution in [2.75, 3.05) is 0 Å². The molecule has 3 rings (SSSR count). The van der Waals surface area contributed by atoms with Crippen LogP contribution in [0.1, 0.15) is 18.1 Å². The van der Waals surface area contributed by atoms with Gasteiger partial charge in [-0.1, -0.05) is 30.3 Å². The molecule has 0 bridgehead atoms. The predicted molar refractivity (Wildman–Crippen MR) is 86.4 cm³/mol. The van der Waals surface area contributed by atoms with Crippen LogP contribution in [0.5, 0.6) is 5.75 Å². The number of ether oxygens (including phenoxy) is 1. The number of H-pyrrole nitrogens is 1. The minimum Gasteiger partial charge on any atom is -0.489 e. The third kappa shape index (κ3) is 3.26. The van der Waals surface area contributed by atoms with Gasteiger partial charge in [0.1, 0.15) is 12.4 Å². The first-order chi connectivity index (χ1) is 10.2. The van der Waals surface area contributed by atoms with Crippen molar-refractivity contribution in [2.24, 2.45) is 5.73 Å². The molecule has 0 spiro atoms. The van der Waals surface area contributed by atoms with E-state index in [4.69, 9.17) is 10.5 Å². The van der Waals surface area contributed by atoms with E-state index in [1.54, 1.807) is 0 Å². The highest BCUT2D eigenvalue weighted by molar-refractivity contribution is 5.84. The van der Waals surface area contributed by atoms with E-state index in [2.05, 4.69) is 29.2 Å². The molecule has 0 saturated carbocycles. The van der Waals surface area contributed by atoms with Crippen LogP contribution in [0.2, 0.25) is 0 Å². The number of rotatable bonds is 5. The lowest BCUT2D eigenvalue weighted by molar-refractivity contribution is 0.306. The number of benzene rings is 2. The maximum Gasteiger partial charge on any atom is 0.120 e. The molecule has 3 aromatic rings. The summed E-state index contributed by atoms with van der Waals surface area (Å²) >= 11 is 0. The number of aromatic nitrogens is 1. The van der Waals surface area contributed by atoms with E-state index >= 15 is 0 Å². The van der Waals surface area contributed by atoms with E-state index in [0.717, 1.165) is 17.7 Å². The molecule has 0 aliphatic rings. The Kier molecular flexibility index (Phi) is 3.93. The number of nitrogens with one attached hydrogen (secondary N) is 1. The zero-order valence-electron chi connectivity index (χ0n) is 12.2. The van der Waals surface area contributed by atoms with E-state index in [9.17, 15) is 0 Å². The number of hydrogen-bond acceptors (Lipinski definition) is 2. The molecule has 3 heteroatoms. The average Bonchev–Trinajstić information content (AvgIpc) is 2.88. The molecule has 0 radical (unpaired) electrons. The molecule has 108 valence electrons. The van der Waals surface area contributed by atoms with Gasteiger partial charge >= 0.3 is 0 Å². The molecule has 0 aliphatic carbocycles. The lowest BCUT2D eigenvalue weighted by atomic mass is 10.1. The fraction of sp³-hybridized carbons (Fsp3) is 0.222. The summed E-state index contributed by atoms with van der Waals surface area (Å²) in [7, 11) is 0. The SMILES string of the molecule is C[C@@H](N)Cc1c[nH]c2ccc(OCc3ccccc3)cc12. The molecule has 0 amide bonds. The van der Waals surface area contributed by atoms with Gasteiger partial charge in [-0.2, -0.15) is 0 Å². The van der Waals surface area contributed by atoms with E-state index in [1.165, 1.54) is 16.5 Å². The maximum absolute atomic E-state index is 5.90. The minimum atomic E-state index is 0.151. The fourth-order valence-corrected chi connectivity index (χ4v) is 2.50. The zero-order chi connectivity index (χ0) is 14.7. The van der Waals surface area contributed by atoms with Crippen LogP contribution in [0.4, 0.5) is 0 Å². The monoisotopic (exact) mass is 280 g/mol. The largest absolute Gasteiger partial charge is 0.489 e. The number of fused-ring (bicyclic) bond motifs is 1. The van der Waals surface area contributed by atoms with Gasteiger partial charge in [-0.15, -0.1) is 0 Å². The van der Waals surface area contributed by atoms with Gasteiger partial charge in [-0.3, -0.25) is 0 Å². The van der Waals surface area contributed by atoms with Crippen molar-refractivity contribution in [1.82, 2.24) is 4.98 Å².